The molecule has 0 radical (unpaired) electrons. The van der Waals surface area contributed by atoms with Gasteiger partial charge in [-0.1, -0.05) is 29.8 Å². The number of esters is 1. The van der Waals surface area contributed by atoms with Crippen molar-refractivity contribution in [1.82, 2.24) is 0 Å². The second-order valence-electron chi connectivity index (χ2n) is 7.42. The SMILES string of the molecule is Cc1cccc(Oc2c(C(F)(F)F)oc3cc(OC(=O)c4cccc(C)c4)ccc3c2=O)c1. The maximum atomic E-state index is 13.7. The van der Waals surface area contributed by atoms with Gasteiger partial charge < -0.3 is 13.9 Å². The van der Waals surface area contributed by atoms with Crippen LogP contribution in [0.25, 0.3) is 11.0 Å². The van der Waals surface area contributed by atoms with E-state index in [-0.39, 0.29) is 22.4 Å². The first-order valence-corrected chi connectivity index (χ1v) is 9.83. The number of ether oxygens (including phenoxy) is 2. The van der Waals surface area contributed by atoms with Crippen molar-refractivity contribution >= 4 is 16.9 Å². The van der Waals surface area contributed by atoms with E-state index in [1.165, 1.54) is 24.3 Å². The Morgan fingerprint density at radius 1 is 0.879 bits per heavy atom. The van der Waals surface area contributed by atoms with Gasteiger partial charge in [-0.05, 0) is 55.8 Å². The summed E-state index contributed by atoms with van der Waals surface area (Å²) >= 11 is 0. The molecule has 0 bridgehead atoms. The number of benzene rings is 3. The largest absolute Gasteiger partial charge is 0.453 e. The molecule has 33 heavy (non-hydrogen) atoms. The molecule has 0 unspecified atom stereocenters. The van der Waals surface area contributed by atoms with Crippen molar-refractivity contribution in [2.24, 2.45) is 0 Å². The third-order valence-corrected chi connectivity index (χ3v) is 4.75. The Morgan fingerprint density at radius 3 is 2.24 bits per heavy atom. The van der Waals surface area contributed by atoms with Crippen LogP contribution in [-0.4, -0.2) is 5.97 Å². The van der Waals surface area contributed by atoms with Crippen molar-refractivity contribution in [3.8, 4) is 17.2 Å². The fraction of sp³-hybridized carbons (Fsp3) is 0.120. The first-order valence-electron chi connectivity index (χ1n) is 9.83. The minimum absolute atomic E-state index is 0.0656. The zero-order chi connectivity index (χ0) is 23.8. The average molecular weight is 454 g/mol. The lowest BCUT2D eigenvalue weighted by Gasteiger charge is -2.14. The molecule has 168 valence electrons. The Bertz CT molecular complexity index is 1420. The molecule has 8 heteroatoms. The lowest BCUT2D eigenvalue weighted by Crippen LogP contribution is -2.15. The molecule has 0 aliphatic rings. The predicted octanol–water partition coefficient (Wildman–Crippen LogP) is 6.44. The first-order chi connectivity index (χ1) is 15.6. The first kappa shape index (κ1) is 22.1. The van der Waals surface area contributed by atoms with Crippen LogP contribution < -0.4 is 14.9 Å². The molecular weight excluding hydrogens is 437 g/mol. The summed E-state index contributed by atoms with van der Waals surface area (Å²) in [4.78, 5) is 25.3. The van der Waals surface area contributed by atoms with Gasteiger partial charge in [0, 0.05) is 6.07 Å². The molecule has 0 atom stereocenters. The van der Waals surface area contributed by atoms with Crippen molar-refractivity contribution in [2.75, 3.05) is 0 Å². The monoisotopic (exact) mass is 454 g/mol. The summed E-state index contributed by atoms with van der Waals surface area (Å²) < 4.78 is 56.7. The highest BCUT2D eigenvalue weighted by Gasteiger charge is 2.40. The van der Waals surface area contributed by atoms with E-state index in [2.05, 4.69) is 0 Å². The lowest BCUT2D eigenvalue weighted by molar-refractivity contribution is -0.154. The smallest absolute Gasteiger partial charge is 0.449 e. The van der Waals surface area contributed by atoms with Gasteiger partial charge >= 0.3 is 12.1 Å². The highest BCUT2D eigenvalue weighted by molar-refractivity contribution is 5.92. The van der Waals surface area contributed by atoms with Gasteiger partial charge in [0.15, 0.2) is 0 Å². The highest BCUT2D eigenvalue weighted by Crippen LogP contribution is 2.38. The van der Waals surface area contributed by atoms with Crippen LogP contribution in [0.2, 0.25) is 0 Å². The number of halogens is 3. The maximum Gasteiger partial charge on any atom is 0.453 e. The molecule has 0 aliphatic carbocycles. The molecule has 0 amide bonds. The summed E-state index contributed by atoms with van der Waals surface area (Å²) in [5.41, 5.74) is 0.464. The molecule has 5 nitrogen and oxygen atoms in total. The fourth-order valence-corrected chi connectivity index (χ4v) is 3.23. The Morgan fingerprint density at radius 2 is 1.58 bits per heavy atom. The molecule has 4 rings (SSSR count). The molecule has 0 saturated heterocycles. The van der Waals surface area contributed by atoms with E-state index in [1.54, 1.807) is 50.2 Å². The molecule has 0 spiro atoms. The summed E-state index contributed by atoms with van der Waals surface area (Å²) in [6.07, 6.45) is -5.00. The van der Waals surface area contributed by atoms with Crippen LogP contribution in [0, 0.1) is 13.8 Å². The maximum absolute atomic E-state index is 13.7. The van der Waals surface area contributed by atoms with E-state index >= 15 is 0 Å². The van der Waals surface area contributed by atoms with Crippen LogP contribution in [0.1, 0.15) is 27.2 Å². The van der Waals surface area contributed by atoms with Crippen LogP contribution in [0.5, 0.6) is 17.2 Å². The van der Waals surface area contributed by atoms with E-state index in [4.69, 9.17) is 13.9 Å². The van der Waals surface area contributed by atoms with Crippen LogP contribution in [0.4, 0.5) is 13.2 Å². The average Bonchev–Trinajstić information content (AvgIpc) is 2.75. The van der Waals surface area contributed by atoms with E-state index in [0.29, 0.717) is 0 Å². The van der Waals surface area contributed by atoms with E-state index in [1.807, 2.05) is 0 Å². The topological polar surface area (TPSA) is 65.7 Å². The van der Waals surface area contributed by atoms with Crippen molar-refractivity contribution in [1.29, 1.82) is 0 Å². The number of aryl methyl sites for hydroxylation is 2. The van der Waals surface area contributed by atoms with Crippen molar-refractivity contribution in [3.63, 3.8) is 0 Å². The molecule has 0 fully saturated rings. The quantitative estimate of drug-likeness (QED) is 0.262. The summed E-state index contributed by atoms with van der Waals surface area (Å²) in [7, 11) is 0. The van der Waals surface area contributed by atoms with Crippen molar-refractivity contribution in [2.45, 2.75) is 20.0 Å². The third kappa shape index (κ3) is 4.74. The minimum Gasteiger partial charge on any atom is -0.449 e. The normalized spacial score (nSPS) is 11.4. The Hall–Kier alpha value is -4.07. The summed E-state index contributed by atoms with van der Waals surface area (Å²) in [5, 5.41) is -0.152. The number of fused-ring (bicyclic) bond motifs is 1. The Kier molecular flexibility index (Phi) is 5.68. The molecule has 0 aliphatic heterocycles. The molecule has 1 aromatic heterocycles. The molecule has 4 aromatic rings. The van der Waals surface area contributed by atoms with Crippen molar-refractivity contribution < 1.29 is 31.9 Å². The molecule has 0 saturated carbocycles. The van der Waals surface area contributed by atoms with Gasteiger partial charge in [0.1, 0.15) is 17.1 Å². The van der Waals surface area contributed by atoms with Crippen LogP contribution >= 0.6 is 0 Å². The van der Waals surface area contributed by atoms with Gasteiger partial charge in [-0.3, -0.25) is 4.79 Å². The number of hydrogen-bond acceptors (Lipinski definition) is 5. The van der Waals surface area contributed by atoms with Gasteiger partial charge in [0.25, 0.3) is 5.76 Å². The van der Waals surface area contributed by atoms with E-state index in [0.717, 1.165) is 17.2 Å². The van der Waals surface area contributed by atoms with Crippen LogP contribution in [0.3, 0.4) is 0 Å². The molecule has 0 N–H and O–H groups in total. The zero-order valence-electron chi connectivity index (χ0n) is 17.5. The summed E-state index contributed by atoms with van der Waals surface area (Å²) in [5.74, 6) is -3.25. The van der Waals surface area contributed by atoms with Gasteiger partial charge in [-0.15, -0.1) is 0 Å². The van der Waals surface area contributed by atoms with Crippen LogP contribution in [-0.2, 0) is 6.18 Å². The van der Waals surface area contributed by atoms with E-state index < -0.39 is 34.7 Å². The third-order valence-electron chi connectivity index (χ3n) is 4.75. The Balaban J connectivity index is 1.76. The molecule has 1 heterocycles. The fourth-order valence-electron chi connectivity index (χ4n) is 3.23. The predicted molar refractivity (Wildman–Crippen MR) is 115 cm³/mol. The van der Waals surface area contributed by atoms with Gasteiger partial charge in [0.05, 0.1) is 10.9 Å². The highest BCUT2D eigenvalue weighted by atomic mass is 19.4. The lowest BCUT2D eigenvalue weighted by atomic mass is 10.1. The zero-order valence-corrected chi connectivity index (χ0v) is 17.5. The Labute approximate surface area is 186 Å². The minimum atomic E-state index is -5.00. The van der Waals surface area contributed by atoms with Crippen molar-refractivity contribution in [3.05, 3.63) is 99.4 Å². The number of carbonyl (C=O) groups excluding carboxylic acids is 1. The van der Waals surface area contributed by atoms with Gasteiger partial charge in [-0.2, -0.15) is 13.2 Å². The number of alkyl halides is 3. The second-order valence-corrected chi connectivity index (χ2v) is 7.42. The standard InChI is InChI=1S/C25H17F3O5/c1-14-5-3-7-16(11-14)24(30)32-18-9-10-19-20(13-18)33-23(25(26,27)28)22(21(19)29)31-17-8-4-6-15(2)12-17/h3-13H,1-2H3. The second kappa shape index (κ2) is 8.46. The van der Waals surface area contributed by atoms with E-state index in [9.17, 15) is 22.8 Å². The molecule has 3 aromatic carbocycles. The molecular formula is C25H17F3O5. The number of rotatable bonds is 4. The number of hydrogen-bond donors (Lipinski definition) is 0. The number of carbonyl (C=O) groups is 1. The van der Waals surface area contributed by atoms with Gasteiger partial charge in [0.2, 0.25) is 11.2 Å². The summed E-state index contributed by atoms with van der Waals surface area (Å²) in [6.45, 7) is 3.54. The van der Waals surface area contributed by atoms with Crippen LogP contribution in [0.15, 0.2) is 75.9 Å². The summed E-state index contributed by atoms with van der Waals surface area (Å²) in [6, 6.07) is 16.5. The van der Waals surface area contributed by atoms with Gasteiger partial charge in [-0.25, -0.2) is 4.79 Å².